The van der Waals surface area contributed by atoms with Gasteiger partial charge in [-0.2, -0.15) is 0 Å². The van der Waals surface area contributed by atoms with Crippen molar-refractivity contribution in [2.75, 3.05) is 0 Å². The van der Waals surface area contributed by atoms with E-state index in [0.717, 1.165) is 40.6 Å². The molecule has 5 rings (SSSR count). The van der Waals surface area contributed by atoms with E-state index in [4.69, 9.17) is 4.98 Å². The van der Waals surface area contributed by atoms with E-state index in [0.29, 0.717) is 5.41 Å². The minimum atomic E-state index is 0.347. The molecule has 0 aromatic carbocycles. The fourth-order valence-corrected chi connectivity index (χ4v) is 5.20. The van der Waals surface area contributed by atoms with E-state index >= 15 is 0 Å². The highest BCUT2D eigenvalue weighted by atomic mass is 32.1. The van der Waals surface area contributed by atoms with Crippen molar-refractivity contribution >= 4 is 27.2 Å². The van der Waals surface area contributed by atoms with Crippen LogP contribution in [0.3, 0.4) is 0 Å². The van der Waals surface area contributed by atoms with Crippen molar-refractivity contribution in [3.05, 3.63) is 41.3 Å². The van der Waals surface area contributed by atoms with Crippen LogP contribution in [-0.4, -0.2) is 24.6 Å². The molecule has 0 aliphatic heterocycles. The van der Waals surface area contributed by atoms with Crippen molar-refractivity contribution in [3.8, 4) is 11.4 Å². The summed E-state index contributed by atoms with van der Waals surface area (Å²) in [5, 5.41) is 5.84. The maximum Gasteiger partial charge on any atom is 0.182 e. The molecule has 0 saturated carbocycles. The van der Waals surface area contributed by atoms with Gasteiger partial charge in [0.1, 0.15) is 11.2 Å². The molecule has 1 aliphatic carbocycles. The van der Waals surface area contributed by atoms with Gasteiger partial charge in [0.05, 0.1) is 5.39 Å². The van der Waals surface area contributed by atoms with Crippen LogP contribution in [-0.2, 0) is 12.8 Å². The Morgan fingerprint density at radius 1 is 1.19 bits per heavy atom. The number of pyridine rings is 1. The Bertz CT molecular complexity index is 1100. The number of hydrogen-bond acceptors (Lipinski definition) is 5. The smallest absolute Gasteiger partial charge is 0.182 e. The van der Waals surface area contributed by atoms with Gasteiger partial charge in [-0.3, -0.25) is 4.98 Å². The summed E-state index contributed by atoms with van der Waals surface area (Å²) in [7, 11) is 0. The van der Waals surface area contributed by atoms with Gasteiger partial charge in [-0.15, -0.1) is 16.4 Å². The summed E-state index contributed by atoms with van der Waals surface area (Å²) in [5.41, 5.74) is 3.69. The maximum atomic E-state index is 4.85. The van der Waals surface area contributed by atoms with Gasteiger partial charge in [-0.1, -0.05) is 20.8 Å². The Morgan fingerprint density at radius 2 is 2.00 bits per heavy atom. The molecule has 0 amide bonds. The standard InChI is InChI=1S/C20H21N5S/c1-20(2,3)13-4-5-14-15(10-13)26-19-16(14)18-23-17(24-25(18)11-22-19)12-6-8-21-9-7-12/h6-9,11,13H,4-5,10H2,1-3H3/t13-/m0/s1. The third-order valence-electron chi connectivity index (χ3n) is 5.55. The lowest BCUT2D eigenvalue weighted by Crippen LogP contribution is -2.26. The largest absolute Gasteiger partial charge is 0.265 e. The summed E-state index contributed by atoms with van der Waals surface area (Å²) in [6, 6.07) is 3.88. The van der Waals surface area contributed by atoms with Crippen molar-refractivity contribution in [3.63, 3.8) is 0 Å². The quantitative estimate of drug-likeness (QED) is 0.498. The lowest BCUT2D eigenvalue weighted by atomic mass is 9.72. The summed E-state index contributed by atoms with van der Waals surface area (Å²) < 4.78 is 1.82. The van der Waals surface area contributed by atoms with Gasteiger partial charge in [0.2, 0.25) is 0 Å². The number of aryl methyl sites for hydroxylation is 1. The van der Waals surface area contributed by atoms with Gasteiger partial charge < -0.3 is 0 Å². The van der Waals surface area contributed by atoms with Gasteiger partial charge in [0.25, 0.3) is 0 Å². The van der Waals surface area contributed by atoms with Gasteiger partial charge >= 0.3 is 0 Å². The summed E-state index contributed by atoms with van der Waals surface area (Å²) in [6.45, 7) is 7.06. The fourth-order valence-electron chi connectivity index (χ4n) is 3.94. The van der Waals surface area contributed by atoms with Crippen LogP contribution in [0.5, 0.6) is 0 Å². The van der Waals surface area contributed by atoms with Crippen LogP contribution in [0.1, 0.15) is 37.6 Å². The predicted octanol–water partition coefficient (Wildman–Crippen LogP) is 4.55. The van der Waals surface area contributed by atoms with E-state index in [1.165, 1.54) is 22.2 Å². The number of nitrogens with zero attached hydrogens (tertiary/aromatic N) is 5. The van der Waals surface area contributed by atoms with E-state index in [9.17, 15) is 0 Å². The number of fused-ring (bicyclic) bond motifs is 5. The van der Waals surface area contributed by atoms with Crippen molar-refractivity contribution in [1.82, 2.24) is 24.6 Å². The summed E-state index contributed by atoms with van der Waals surface area (Å²) in [6.07, 6.45) is 8.82. The molecule has 4 aromatic heterocycles. The molecular weight excluding hydrogens is 342 g/mol. The third-order valence-corrected chi connectivity index (χ3v) is 6.71. The average Bonchev–Trinajstić information content (AvgIpc) is 3.21. The van der Waals surface area contributed by atoms with Gasteiger partial charge in [0, 0.05) is 22.8 Å². The van der Waals surface area contributed by atoms with Crippen molar-refractivity contribution in [2.24, 2.45) is 11.3 Å². The number of thiophene rings is 1. The molecular formula is C20H21N5S. The van der Waals surface area contributed by atoms with Gasteiger partial charge in [-0.25, -0.2) is 14.5 Å². The zero-order valence-electron chi connectivity index (χ0n) is 15.2. The first kappa shape index (κ1) is 15.9. The van der Waals surface area contributed by atoms with Crippen molar-refractivity contribution < 1.29 is 0 Å². The number of rotatable bonds is 1. The third kappa shape index (κ3) is 2.43. The molecule has 0 unspecified atom stereocenters. The lowest BCUT2D eigenvalue weighted by Gasteiger charge is -2.33. The van der Waals surface area contributed by atoms with Crippen LogP contribution in [0, 0.1) is 11.3 Å². The second kappa shape index (κ2) is 5.58. The molecule has 4 heterocycles. The minimum Gasteiger partial charge on any atom is -0.265 e. The molecule has 26 heavy (non-hydrogen) atoms. The van der Waals surface area contributed by atoms with E-state index in [1.54, 1.807) is 18.7 Å². The highest BCUT2D eigenvalue weighted by molar-refractivity contribution is 7.19. The van der Waals surface area contributed by atoms with E-state index in [2.05, 4.69) is 35.8 Å². The van der Waals surface area contributed by atoms with E-state index < -0.39 is 0 Å². The van der Waals surface area contributed by atoms with Crippen molar-refractivity contribution in [1.29, 1.82) is 0 Å². The van der Waals surface area contributed by atoms with Crippen LogP contribution in [0.4, 0.5) is 0 Å². The van der Waals surface area contributed by atoms with Crippen LogP contribution in [0.25, 0.3) is 27.3 Å². The molecule has 1 aliphatic rings. The Kier molecular flexibility index (Phi) is 3.41. The van der Waals surface area contributed by atoms with Gasteiger partial charge in [-0.05, 0) is 48.3 Å². The van der Waals surface area contributed by atoms with E-state index in [-0.39, 0.29) is 0 Å². The Balaban J connectivity index is 1.67. The Labute approximate surface area is 156 Å². The molecule has 4 aromatic rings. The SMILES string of the molecule is CC(C)(C)[C@H]1CCc2c(sc3ncn4nc(-c5ccncc5)nc4c23)C1. The summed E-state index contributed by atoms with van der Waals surface area (Å²) in [5.74, 6) is 1.45. The monoisotopic (exact) mass is 363 g/mol. The molecule has 0 spiro atoms. The molecule has 132 valence electrons. The molecule has 1 atom stereocenters. The highest BCUT2D eigenvalue weighted by Crippen LogP contribution is 2.43. The zero-order valence-corrected chi connectivity index (χ0v) is 16.0. The molecule has 6 heteroatoms. The Hall–Kier alpha value is -2.34. The molecule has 0 saturated heterocycles. The lowest BCUT2D eigenvalue weighted by molar-refractivity contribution is 0.218. The van der Waals surface area contributed by atoms with Gasteiger partial charge in [0.15, 0.2) is 11.5 Å². The molecule has 5 nitrogen and oxygen atoms in total. The molecule has 0 bridgehead atoms. The molecule has 0 radical (unpaired) electrons. The topological polar surface area (TPSA) is 56.0 Å². The van der Waals surface area contributed by atoms with Crippen LogP contribution < -0.4 is 0 Å². The zero-order chi connectivity index (χ0) is 17.9. The normalized spacial score (nSPS) is 17.7. The average molecular weight is 363 g/mol. The second-order valence-corrected chi connectivity index (χ2v) is 9.26. The summed E-state index contributed by atoms with van der Waals surface area (Å²) >= 11 is 1.84. The first-order chi connectivity index (χ1) is 12.5. The minimum absolute atomic E-state index is 0.347. The Morgan fingerprint density at radius 3 is 2.77 bits per heavy atom. The van der Waals surface area contributed by atoms with Crippen molar-refractivity contribution in [2.45, 2.75) is 40.0 Å². The first-order valence-corrected chi connectivity index (χ1v) is 9.88. The summed E-state index contributed by atoms with van der Waals surface area (Å²) in [4.78, 5) is 16.2. The van der Waals surface area contributed by atoms with Crippen LogP contribution in [0.15, 0.2) is 30.9 Å². The first-order valence-electron chi connectivity index (χ1n) is 9.07. The number of aromatic nitrogens is 5. The molecule has 0 fully saturated rings. The second-order valence-electron chi connectivity index (χ2n) is 8.17. The van der Waals surface area contributed by atoms with Crippen LogP contribution >= 0.6 is 11.3 Å². The molecule has 0 N–H and O–H groups in total. The highest BCUT2D eigenvalue weighted by Gasteiger charge is 2.31. The predicted molar refractivity (Wildman–Crippen MR) is 104 cm³/mol. The van der Waals surface area contributed by atoms with E-state index in [1.807, 2.05) is 28.0 Å². The maximum absolute atomic E-state index is 4.85. The van der Waals surface area contributed by atoms with Crippen LogP contribution in [0.2, 0.25) is 0 Å². The fraction of sp³-hybridized carbons (Fsp3) is 0.400. The number of hydrogen-bond donors (Lipinski definition) is 0.